The van der Waals surface area contributed by atoms with Crippen LogP contribution in [0.15, 0.2) is 76.9 Å². The van der Waals surface area contributed by atoms with Crippen molar-refractivity contribution in [3.8, 4) is 0 Å². The standard InChI is InChI=1S/C24H20ClN7O4/c1-2-30-21-12-11-16(14-26-28-19-7-3-5-9-22(19)31(33)34)13-17(21)18(24(30)25)15-27-29-20-8-4-6-10-23(20)32(35)36/h3-15,28-29H,2H2,1H3. The highest BCUT2D eigenvalue weighted by molar-refractivity contribution is 6.34. The van der Waals surface area contributed by atoms with Gasteiger partial charge in [-0.3, -0.25) is 31.1 Å². The Balaban J connectivity index is 1.63. The Labute approximate surface area is 210 Å². The molecule has 0 saturated heterocycles. The number of para-hydroxylation sites is 4. The molecule has 11 nitrogen and oxygen atoms in total. The fraction of sp³-hybridized carbons (Fsp3) is 0.0833. The molecule has 0 amide bonds. The van der Waals surface area contributed by atoms with Gasteiger partial charge in [-0.2, -0.15) is 10.2 Å². The van der Waals surface area contributed by atoms with Crippen LogP contribution in [0, 0.1) is 20.2 Å². The molecule has 4 rings (SSSR count). The number of nitro benzene ring substituents is 2. The van der Waals surface area contributed by atoms with E-state index in [2.05, 4.69) is 21.1 Å². The summed E-state index contributed by atoms with van der Waals surface area (Å²) >= 11 is 6.63. The molecule has 36 heavy (non-hydrogen) atoms. The van der Waals surface area contributed by atoms with E-state index >= 15 is 0 Å². The Morgan fingerprint density at radius 1 is 0.889 bits per heavy atom. The molecule has 0 radical (unpaired) electrons. The normalized spacial score (nSPS) is 11.4. The number of nitro groups is 2. The van der Waals surface area contributed by atoms with Crippen molar-refractivity contribution in [2.45, 2.75) is 13.5 Å². The van der Waals surface area contributed by atoms with E-state index in [0.29, 0.717) is 17.3 Å². The second kappa shape index (κ2) is 10.7. The highest BCUT2D eigenvalue weighted by Gasteiger charge is 2.15. The van der Waals surface area contributed by atoms with Crippen molar-refractivity contribution in [3.05, 3.63) is 103 Å². The largest absolute Gasteiger partial charge is 0.331 e. The number of fused-ring (bicyclic) bond motifs is 1. The number of nitrogens with zero attached hydrogens (tertiary/aromatic N) is 5. The van der Waals surface area contributed by atoms with E-state index in [1.807, 2.05) is 29.7 Å². The summed E-state index contributed by atoms with van der Waals surface area (Å²) in [4.78, 5) is 21.4. The van der Waals surface area contributed by atoms with Crippen LogP contribution >= 0.6 is 11.6 Å². The van der Waals surface area contributed by atoms with Crippen LogP contribution in [0.5, 0.6) is 0 Å². The molecule has 0 aliphatic heterocycles. The smallest absolute Gasteiger partial charge is 0.294 e. The van der Waals surface area contributed by atoms with E-state index in [9.17, 15) is 20.2 Å². The summed E-state index contributed by atoms with van der Waals surface area (Å²) in [6.45, 7) is 2.58. The summed E-state index contributed by atoms with van der Waals surface area (Å²) in [5.74, 6) is 0. The van der Waals surface area contributed by atoms with E-state index in [0.717, 1.165) is 16.5 Å². The Morgan fingerprint density at radius 3 is 2.00 bits per heavy atom. The van der Waals surface area contributed by atoms with Crippen LogP contribution in [0.2, 0.25) is 5.15 Å². The van der Waals surface area contributed by atoms with Crippen molar-refractivity contribution in [1.82, 2.24) is 4.57 Å². The van der Waals surface area contributed by atoms with Gasteiger partial charge in [-0.1, -0.05) is 41.9 Å². The minimum atomic E-state index is -0.489. The van der Waals surface area contributed by atoms with Gasteiger partial charge in [0.2, 0.25) is 0 Å². The molecular weight excluding hydrogens is 486 g/mol. The van der Waals surface area contributed by atoms with Crippen molar-refractivity contribution in [2.75, 3.05) is 10.9 Å². The molecule has 0 aliphatic rings. The maximum absolute atomic E-state index is 11.2. The van der Waals surface area contributed by atoms with Crippen LogP contribution < -0.4 is 10.9 Å². The molecule has 2 N–H and O–H groups in total. The number of hydrazone groups is 2. The molecule has 1 heterocycles. The van der Waals surface area contributed by atoms with Crippen LogP contribution in [0.3, 0.4) is 0 Å². The van der Waals surface area contributed by atoms with E-state index in [4.69, 9.17) is 11.6 Å². The molecule has 0 saturated carbocycles. The zero-order valence-corrected chi connectivity index (χ0v) is 19.7. The fourth-order valence-corrected chi connectivity index (χ4v) is 4.04. The van der Waals surface area contributed by atoms with Crippen LogP contribution in [0.4, 0.5) is 22.7 Å². The van der Waals surface area contributed by atoms with Crippen molar-refractivity contribution in [1.29, 1.82) is 0 Å². The number of anilines is 2. The lowest BCUT2D eigenvalue weighted by Gasteiger charge is -2.03. The zero-order chi connectivity index (χ0) is 25.7. The second-order valence-electron chi connectivity index (χ2n) is 7.51. The minimum absolute atomic E-state index is 0.0819. The van der Waals surface area contributed by atoms with Crippen molar-refractivity contribution in [3.63, 3.8) is 0 Å². The molecule has 0 spiro atoms. The quantitative estimate of drug-likeness (QED) is 0.162. The maximum Gasteiger partial charge on any atom is 0.294 e. The number of hydrogen-bond donors (Lipinski definition) is 2. The van der Waals surface area contributed by atoms with Crippen molar-refractivity contribution < 1.29 is 9.85 Å². The van der Waals surface area contributed by atoms with E-state index in [-0.39, 0.29) is 22.7 Å². The van der Waals surface area contributed by atoms with Gasteiger partial charge in [0.05, 0.1) is 22.3 Å². The third-order valence-corrected chi connectivity index (χ3v) is 5.76. The highest BCUT2D eigenvalue weighted by Crippen LogP contribution is 2.30. The lowest BCUT2D eigenvalue weighted by Crippen LogP contribution is -1.97. The van der Waals surface area contributed by atoms with E-state index < -0.39 is 9.85 Å². The molecule has 4 aromatic rings. The van der Waals surface area contributed by atoms with E-state index in [1.54, 1.807) is 42.6 Å². The summed E-state index contributed by atoms with van der Waals surface area (Å²) in [7, 11) is 0. The second-order valence-corrected chi connectivity index (χ2v) is 7.87. The predicted molar refractivity (Wildman–Crippen MR) is 141 cm³/mol. The lowest BCUT2D eigenvalue weighted by molar-refractivity contribution is -0.384. The first-order valence-corrected chi connectivity index (χ1v) is 11.1. The third-order valence-electron chi connectivity index (χ3n) is 5.36. The molecule has 0 atom stereocenters. The molecule has 3 aromatic carbocycles. The van der Waals surface area contributed by atoms with Crippen LogP contribution in [0.25, 0.3) is 10.9 Å². The summed E-state index contributed by atoms with van der Waals surface area (Å²) in [6.07, 6.45) is 3.06. The van der Waals surface area contributed by atoms with Crippen molar-refractivity contribution in [2.24, 2.45) is 10.2 Å². The number of rotatable bonds is 9. The number of halogens is 1. The van der Waals surface area contributed by atoms with Crippen LogP contribution in [0.1, 0.15) is 18.1 Å². The van der Waals surface area contributed by atoms with Crippen LogP contribution in [-0.4, -0.2) is 26.8 Å². The molecule has 0 unspecified atom stereocenters. The number of nitrogens with one attached hydrogen (secondary N) is 2. The van der Waals surface area contributed by atoms with E-state index in [1.165, 1.54) is 18.3 Å². The minimum Gasteiger partial charge on any atom is -0.331 e. The van der Waals surface area contributed by atoms with Crippen LogP contribution in [-0.2, 0) is 6.54 Å². The number of benzene rings is 3. The Bertz CT molecular complexity index is 1510. The molecule has 182 valence electrons. The lowest BCUT2D eigenvalue weighted by atomic mass is 10.1. The van der Waals surface area contributed by atoms with Crippen molar-refractivity contribution >= 4 is 57.7 Å². The summed E-state index contributed by atoms with van der Waals surface area (Å²) in [5, 5.41) is 32.0. The molecule has 0 aliphatic carbocycles. The maximum atomic E-state index is 11.2. The summed E-state index contributed by atoms with van der Waals surface area (Å²) in [5.41, 5.74) is 7.99. The molecule has 0 bridgehead atoms. The van der Waals surface area contributed by atoms with Gasteiger partial charge in [-0.05, 0) is 36.8 Å². The SMILES string of the molecule is CCn1c(Cl)c(C=NNc2ccccc2[N+](=O)[O-])c2cc(C=NNc3ccccc3[N+](=O)[O-])ccc21. The van der Waals surface area contributed by atoms with Gasteiger partial charge in [0.1, 0.15) is 16.5 Å². The predicted octanol–water partition coefficient (Wildman–Crippen LogP) is 6.02. The van der Waals surface area contributed by atoms with Gasteiger partial charge < -0.3 is 4.57 Å². The fourth-order valence-electron chi connectivity index (χ4n) is 3.68. The average Bonchev–Trinajstić information content (AvgIpc) is 3.14. The molecule has 12 heteroatoms. The molecular formula is C24H20ClN7O4. The number of aryl methyl sites for hydroxylation is 1. The van der Waals surface area contributed by atoms with Gasteiger partial charge >= 0.3 is 0 Å². The molecule has 1 aromatic heterocycles. The highest BCUT2D eigenvalue weighted by atomic mass is 35.5. The third kappa shape index (κ3) is 5.00. The van der Waals surface area contributed by atoms with Gasteiger partial charge in [-0.25, -0.2) is 0 Å². The van der Waals surface area contributed by atoms with Gasteiger partial charge in [0.15, 0.2) is 0 Å². The number of hydrogen-bond acceptors (Lipinski definition) is 8. The number of aromatic nitrogens is 1. The Morgan fingerprint density at radius 2 is 1.44 bits per heavy atom. The van der Waals surface area contributed by atoms with Gasteiger partial charge in [0, 0.05) is 35.1 Å². The Kier molecular flexibility index (Phi) is 7.21. The first-order valence-electron chi connectivity index (χ1n) is 10.8. The topological polar surface area (TPSA) is 140 Å². The van der Waals surface area contributed by atoms with Gasteiger partial charge in [-0.15, -0.1) is 0 Å². The summed E-state index contributed by atoms with van der Waals surface area (Å²) in [6, 6.07) is 18.0. The average molecular weight is 506 g/mol. The zero-order valence-electron chi connectivity index (χ0n) is 19.0. The monoisotopic (exact) mass is 505 g/mol. The summed E-state index contributed by atoms with van der Waals surface area (Å²) < 4.78 is 1.91. The first-order chi connectivity index (χ1) is 17.4. The first kappa shape index (κ1) is 24.4. The Hall–Kier alpha value is -4.77. The van der Waals surface area contributed by atoms with Gasteiger partial charge in [0.25, 0.3) is 11.4 Å². The molecule has 0 fully saturated rings.